The zero-order valence-corrected chi connectivity index (χ0v) is 31.3. The summed E-state index contributed by atoms with van der Waals surface area (Å²) in [5.74, 6) is -2.02. The van der Waals surface area contributed by atoms with E-state index in [2.05, 4.69) is 10.6 Å². The number of hydrogen-bond donors (Lipinski definition) is 3. The van der Waals surface area contributed by atoms with E-state index in [0.29, 0.717) is 32.7 Å². The number of carbonyl (C=O) groups is 4. The number of halogens is 2. The highest BCUT2D eigenvalue weighted by atomic mass is 35.5. The average molecular weight is 792 g/mol. The van der Waals surface area contributed by atoms with Gasteiger partial charge in [0.2, 0.25) is 0 Å². The monoisotopic (exact) mass is 790 g/mol. The van der Waals surface area contributed by atoms with Gasteiger partial charge in [-0.2, -0.15) is 0 Å². The fourth-order valence-corrected chi connectivity index (χ4v) is 5.59. The Labute approximate surface area is 330 Å². The maximum atomic E-state index is 13.2. The molecule has 6 aromatic carbocycles. The number of non-ortho nitro benzene ring substituents is 1. The van der Waals surface area contributed by atoms with Gasteiger partial charge in [0.05, 0.1) is 41.5 Å². The van der Waals surface area contributed by atoms with E-state index in [1.807, 2.05) is 0 Å². The summed E-state index contributed by atoms with van der Waals surface area (Å²) in [5, 5.41) is 18.3. The zero-order chi connectivity index (χ0) is 40.4. The Morgan fingerprint density at radius 3 is 1.64 bits per heavy atom. The van der Waals surface area contributed by atoms with Crippen LogP contribution in [0.5, 0.6) is 0 Å². The first-order chi connectivity index (χ1) is 26.9. The van der Waals surface area contributed by atoms with Crippen molar-refractivity contribution in [2.45, 2.75) is 0 Å². The largest absolute Gasteiger partial charge is 0.465 e. The molecule has 0 radical (unpaired) electrons. The number of carbonyl (C=O) groups excluding carboxylic acids is 4. The van der Waals surface area contributed by atoms with Gasteiger partial charge < -0.3 is 25.8 Å². The molecule has 6 rings (SSSR count). The molecule has 12 nitrogen and oxygen atoms in total. The van der Waals surface area contributed by atoms with Crippen LogP contribution < -0.4 is 16.4 Å². The van der Waals surface area contributed by atoms with E-state index < -0.39 is 22.6 Å². The topological polar surface area (TPSA) is 180 Å². The summed E-state index contributed by atoms with van der Waals surface area (Å²) >= 11 is 11.8. The van der Waals surface area contributed by atoms with Gasteiger partial charge in [-0.05, 0) is 115 Å². The second kappa shape index (κ2) is 18.3. The Hall–Kier alpha value is -7.02. The van der Waals surface area contributed by atoms with Gasteiger partial charge in [-0.25, -0.2) is 9.59 Å². The minimum atomic E-state index is -0.671. The number of ether oxygens (including phenoxy) is 2. The molecule has 56 heavy (non-hydrogen) atoms. The Bertz CT molecular complexity index is 2400. The molecule has 0 heterocycles. The SMILES string of the molecule is COC(=O)c1cc(Nc2ccc(Cl)cc2)ccc1C(=O)c1ccc([N+](=O)[O-])cc1.COC(=O)c1cccc(Nc2ccc(Cl)cc2)c1C(=O)c1ccc(N)cc1. The third kappa shape index (κ3) is 9.94. The first-order valence-electron chi connectivity index (χ1n) is 16.6. The van der Waals surface area contributed by atoms with Crippen molar-refractivity contribution in [3.8, 4) is 0 Å². The van der Waals surface area contributed by atoms with Crippen LogP contribution in [0.2, 0.25) is 10.0 Å². The summed E-state index contributed by atoms with van der Waals surface area (Å²) in [6, 6.07) is 35.4. The van der Waals surface area contributed by atoms with Crippen molar-refractivity contribution in [3.63, 3.8) is 0 Å². The van der Waals surface area contributed by atoms with Gasteiger partial charge in [0.1, 0.15) is 0 Å². The number of anilines is 5. The molecule has 4 N–H and O–H groups in total. The average Bonchev–Trinajstić information content (AvgIpc) is 3.22. The Morgan fingerprint density at radius 2 is 1.09 bits per heavy atom. The number of ketones is 2. The molecule has 0 aromatic heterocycles. The molecule has 0 aliphatic carbocycles. The molecule has 0 unspecified atom stereocenters. The number of nitrogen functional groups attached to an aromatic ring is 1. The highest BCUT2D eigenvalue weighted by Gasteiger charge is 2.23. The van der Waals surface area contributed by atoms with Crippen LogP contribution in [0.4, 0.5) is 34.1 Å². The van der Waals surface area contributed by atoms with Crippen molar-refractivity contribution in [1.82, 2.24) is 0 Å². The second-order valence-electron chi connectivity index (χ2n) is 11.8. The summed E-state index contributed by atoms with van der Waals surface area (Å²) in [4.78, 5) is 60.7. The van der Waals surface area contributed by atoms with E-state index in [0.717, 1.165) is 11.4 Å². The maximum absolute atomic E-state index is 13.2. The molecule has 282 valence electrons. The smallest absolute Gasteiger partial charge is 0.338 e. The van der Waals surface area contributed by atoms with Crippen LogP contribution in [0.25, 0.3) is 0 Å². The fourth-order valence-electron chi connectivity index (χ4n) is 5.34. The third-order valence-electron chi connectivity index (χ3n) is 8.14. The van der Waals surface area contributed by atoms with Crippen LogP contribution in [-0.4, -0.2) is 42.6 Å². The van der Waals surface area contributed by atoms with Crippen molar-refractivity contribution in [1.29, 1.82) is 0 Å². The van der Waals surface area contributed by atoms with Gasteiger partial charge in [0.25, 0.3) is 5.69 Å². The minimum Gasteiger partial charge on any atom is -0.465 e. The predicted molar refractivity (Wildman–Crippen MR) is 216 cm³/mol. The molecule has 0 spiro atoms. The number of nitro groups is 1. The highest BCUT2D eigenvalue weighted by Crippen LogP contribution is 2.29. The van der Waals surface area contributed by atoms with Gasteiger partial charge >= 0.3 is 11.9 Å². The van der Waals surface area contributed by atoms with Crippen LogP contribution in [-0.2, 0) is 9.47 Å². The fraction of sp³-hybridized carbons (Fsp3) is 0.0476. The van der Waals surface area contributed by atoms with Gasteiger partial charge in [0.15, 0.2) is 11.6 Å². The summed E-state index contributed by atoms with van der Waals surface area (Å²) in [5.41, 5.74) is 9.92. The van der Waals surface area contributed by atoms with Crippen LogP contribution in [0.1, 0.15) is 52.6 Å². The molecule has 0 saturated heterocycles. The Morgan fingerprint density at radius 1 is 0.589 bits per heavy atom. The number of rotatable bonds is 11. The van der Waals surface area contributed by atoms with E-state index in [-0.39, 0.29) is 39.3 Å². The van der Waals surface area contributed by atoms with Gasteiger partial charge in [-0.1, -0.05) is 29.3 Å². The van der Waals surface area contributed by atoms with Crippen LogP contribution in [0.3, 0.4) is 0 Å². The lowest BCUT2D eigenvalue weighted by molar-refractivity contribution is -0.384. The standard InChI is InChI=1S/C21H15ClN2O5.C21H17ClN2O3/c1-29-21(26)19-12-16(23-15-6-4-14(22)5-7-15)8-11-18(19)20(25)13-2-9-17(10-3-13)24(27)28;1-27-21(26)17-3-2-4-18(24-16-11-7-14(22)8-12-16)19(17)20(25)13-5-9-15(23)10-6-13/h2-12,23H,1H3;2-12,24H,23H2,1H3. The lowest BCUT2D eigenvalue weighted by Gasteiger charge is -2.15. The van der Waals surface area contributed by atoms with Gasteiger partial charge in [-0.3, -0.25) is 19.7 Å². The molecule has 0 fully saturated rings. The van der Waals surface area contributed by atoms with Crippen LogP contribution in [0, 0.1) is 10.1 Å². The van der Waals surface area contributed by atoms with Crippen molar-refractivity contribution < 1.29 is 33.6 Å². The Kier molecular flexibility index (Phi) is 13.2. The first kappa shape index (κ1) is 40.2. The van der Waals surface area contributed by atoms with Crippen molar-refractivity contribution in [3.05, 3.63) is 187 Å². The molecule has 14 heteroatoms. The molecule has 0 aliphatic rings. The lowest BCUT2D eigenvalue weighted by Crippen LogP contribution is -2.14. The number of nitrogens with two attached hydrogens (primary N) is 1. The Balaban J connectivity index is 0.000000215. The zero-order valence-electron chi connectivity index (χ0n) is 29.7. The molecule has 0 atom stereocenters. The molecular formula is C42H32Cl2N4O8. The van der Waals surface area contributed by atoms with Crippen molar-refractivity contribution in [2.24, 2.45) is 0 Å². The van der Waals surface area contributed by atoms with Gasteiger partial charge in [0, 0.05) is 61.6 Å². The molecule has 0 aliphatic heterocycles. The first-order valence-corrected chi connectivity index (χ1v) is 17.3. The maximum Gasteiger partial charge on any atom is 0.338 e. The second-order valence-corrected chi connectivity index (χ2v) is 12.7. The van der Waals surface area contributed by atoms with E-state index in [1.54, 1.807) is 97.1 Å². The predicted octanol–water partition coefficient (Wildman–Crippen LogP) is 9.69. The van der Waals surface area contributed by atoms with Crippen molar-refractivity contribution in [2.75, 3.05) is 30.6 Å². The number of benzene rings is 6. The molecule has 0 saturated carbocycles. The van der Waals surface area contributed by atoms with E-state index >= 15 is 0 Å². The number of esters is 2. The number of nitrogens with one attached hydrogen (secondary N) is 2. The van der Waals surface area contributed by atoms with Crippen LogP contribution in [0.15, 0.2) is 133 Å². The lowest BCUT2D eigenvalue weighted by atomic mass is 9.96. The number of nitro benzene ring substituents is 1. The highest BCUT2D eigenvalue weighted by molar-refractivity contribution is 6.31. The number of methoxy groups -OCH3 is 2. The van der Waals surface area contributed by atoms with Gasteiger partial charge in [-0.15, -0.1) is 0 Å². The summed E-state index contributed by atoms with van der Waals surface area (Å²) in [7, 11) is 2.50. The number of hydrogen-bond acceptors (Lipinski definition) is 11. The normalized spacial score (nSPS) is 10.3. The number of nitrogens with zero attached hydrogens (tertiary/aromatic N) is 1. The van der Waals surface area contributed by atoms with Crippen molar-refractivity contribution >= 4 is 80.8 Å². The molecule has 6 aromatic rings. The molecule has 0 amide bonds. The van der Waals surface area contributed by atoms with E-state index in [9.17, 15) is 29.3 Å². The summed E-state index contributed by atoms with van der Waals surface area (Å²) in [6.45, 7) is 0. The third-order valence-corrected chi connectivity index (χ3v) is 8.64. The summed E-state index contributed by atoms with van der Waals surface area (Å²) < 4.78 is 9.66. The minimum absolute atomic E-state index is 0.0785. The van der Waals surface area contributed by atoms with E-state index in [1.165, 1.54) is 50.6 Å². The molecular weight excluding hydrogens is 759 g/mol. The summed E-state index contributed by atoms with van der Waals surface area (Å²) in [6.07, 6.45) is 0. The van der Waals surface area contributed by atoms with Crippen LogP contribution >= 0.6 is 23.2 Å². The molecule has 0 bridgehead atoms. The quantitative estimate of drug-likeness (QED) is 0.0374. The van der Waals surface area contributed by atoms with E-state index in [4.69, 9.17) is 38.4 Å².